The number of benzene rings is 3. The molecule has 1 aliphatic heterocycles. The Morgan fingerprint density at radius 2 is 1.68 bits per heavy atom. The summed E-state index contributed by atoms with van der Waals surface area (Å²) >= 11 is 0. The highest BCUT2D eigenvalue weighted by atomic mass is 16.5. The summed E-state index contributed by atoms with van der Waals surface area (Å²) in [4.78, 5) is 15.5. The van der Waals surface area contributed by atoms with Crippen molar-refractivity contribution in [3.8, 4) is 34.1 Å². The number of ether oxygens (including phenoxy) is 4. The lowest BCUT2D eigenvalue weighted by Crippen LogP contribution is -2.31. The van der Waals surface area contributed by atoms with E-state index >= 15 is 0 Å². The van der Waals surface area contributed by atoms with Crippen molar-refractivity contribution in [1.29, 1.82) is 0 Å². The molecule has 0 radical (unpaired) electrons. The Morgan fingerprint density at radius 3 is 2.47 bits per heavy atom. The third kappa shape index (κ3) is 3.84. The van der Waals surface area contributed by atoms with Gasteiger partial charge in [0.15, 0.2) is 11.5 Å². The normalized spacial score (nSPS) is 13.3. The standard InChI is InChI=1S/C27H25NO6/c1-30-22-7-5-4-6-18(22)21-15-33-27-19(26(21)29)9-11-23-20(27)14-28(16-34-23)13-17-8-10-24(31-2)25(12-17)32-3/h4-12,15H,13-14,16H2,1-3H3. The molecule has 0 saturated heterocycles. The maximum absolute atomic E-state index is 13.4. The number of methoxy groups -OCH3 is 3. The Morgan fingerprint density at radius 1 is 0.882 bits per heavy atom. The summed E-state index contributed by atoms with van der Waals surface area (Å²) in [7, 11) is 4.82. The minimum absolute atomic E-state index is 0.106. The first-order valence-electron chi connectivity index (χ1n) is 10.9. The van der Waals surface area contributed by atoms with Gasteiger partial charge in [-0.05, 0) is 35.9 Å². The van der Waals surface area contributed by atoms with Crippen molar-refractivity contribution in [2.75, 3.05) is 28.1 Å². The van der Waals surface area contributed by atoms with E-state index in [4.69, 9.17) is 23.4 Å². The molecule has 3 aromatic carbocycles. The van der Waals surface area contributed by atoms with E-state index in [2.05, 4.69) is 4.90 Å². The predicted octanol–water partition coefficient (Wildman–Crippen LogP) is 4.84. The number of fused-ring (bicyclic) bond motifs is 3. The lowest BCUT2D eigenvalue weighted by Gasteiger charge is -2.29. The fourth-order valence-corrected chi connectivity index (χ4v) is 4.35. The second-order valence-corrected chi connectivity index (χ2v) is 8.05. The molecule has 5 rings (SSSR count). The zero-order valence-electron chi connectivity index (χ0n) is 19.3. The summed E-state index contributed by atoms with van der Waals surface area (Å²) in [6.07, 6.45) is 1.51. The number of hydrogen-bond acceptors (Lipinski definition) is 7. The van der Waals surface area contributed by atoms with E-state index in [0.29, 0.717) is 59.2 Å². The monoisotopic (exact) mass is 459 g/mol. The van der Waals surface area contributed by atoms with Crippen LogP contribution < -0.4 is 24.4 Å². The minimum atomic E-state index is -0.106. The lowest BCUT2D eigenvalue weighted by molar-refractivity contribution is 0.0889. The van der Waals surface area contributed by atoms with Crippen LogP contribution in [0.15, 0.2) is 70.1 Å². The van der Waals surface area contributed by atoms with Crippen LogP contribution in [-0.2, 0) is 13.1 Å². The van der Waals surface area contributed by atoms with E-state index in [0.717, 1.165) is 16.9 Å². The van der Waals surface area contributed by atoms with Gasteiger partial charge in [0.25, 0.3) is 0 Å². The zero-order chi connectivity index (χ0) is 23.7. The molecule has 0 fully saturated rings. The molecule has 174 valence electrons. The van der Waals surface area contributed by atoms with Crippen LogP contribution in [0.2, 0.25) is 0 Å². The predicted molar refractivity (Wildman–Crippen MR) is 129 cm³/mol. The van der Waals surface area contributed by atoms with E-state index in [-0.39, 0.29) is 5.43 Å². The number of nitrogens with zero attached hydrogens (tertiary/aromatic N) is 1. The van der Waals surface area contributed by atoms with Gasteiger partial charge < -0.3 is 23.4 Å². The maximum atomic E-state index is 13.4. The van der Waals surface area contributed by atoms with Gasteiger partial charge in [-0.25, -0.2) is 0 Å². The van der Waals surface area contributed by atoms with E-state index in [1.807, 2.05) is 48.5 Å². The van der Waals surface area contributed by atoms with E-state index in [9.17, 15) is 4.79 Å². The SMILES string of the molecule is COc1ccc(CN2COc3ccc4c(=O)c(-c5ccccc5OC)coc4c3C2)cc1OC. The van der Waals surface area contributed by atoms with Crippen LogP contribution in [0.5, 0.6) is 23.0 Å². The second-order valence-electron chi connectivity index (χ2n) is 8.05. The summed E-state index contributed by atoms with van der Waals surface area (Å²) in [5, 5.41) is 0.513. The van der Waals surface area contributed by atoms with Gasteiger partial charge in [0.1, 0.15) is 30.1 Å². The Kier molecular flexibility index (Phi) is 5.86. The molecule has 0 atom stereocenters. The molecule has 34 heavy (non-hydrogen) atoms. The van der Waals surface area contributed by atoms with Crippen LogP contribution >= 0.6 is 0 Å². The molecule has 7 heteroatoms. The van der Waals surface area contributed by atoms with Gasteiger partial charge in [-0.1, -0.05) is 24.3 Å². The zero-order valence-corrected chi connectivity index (χ0v) is 19.3. The summed E-state index contributed by atoms with van der Waals surface area (Å²) in [5.74, 6) is 2.71. The summed E-state index contributed by atoms with van der Waals surface area (Å²) in [6.45, 7) is 1.65. The van der Waals surface area contributed by atoms with Crippen molar-refractivity contribution in [3.63, 3.8) is 0 Å². The third-order valence-corrected chi connectivity index (χ3v) is 6.04. The molecule has 1 aromatic heterocycles. The van der Waals surface area contributed by atoms with Crippen LogP contribution in [0.1, 0.15) is 11.1 Å². The van der Waals surface area contributed by atoms with Crippen molar-refractivity contribution < 1.29 is 23.4 Å². The first kappa shape index (κ1) is 21.9. The van der Waals surface area contributed by atoms with Gasteiger partial charge in [-0.3, -0.25) is 9.69 Å². The van der Waals surface area contributed by atoms with Gasteiger partial charge in [-0.15, -0.1) is 0 Å². The molecule has 0 unspecified atom stereocenters. The smallest absolute Gasteiger partial charge is 0.200 e. The van der Waals surface area contributed by atoms with Crippen LogP contribution in [-0.4, -0.2) is 33.0 Å². The average Bonchev–Trinajstić information content (AvgIpc) is 2.88. The Bertz CT molecular complexity index is 1410. The molecule has 0 bridgehead atoms. The van der Waals surface area contributed by atoms with Crippen LogP contribution in [0.4, 0.5) is 0 Å². The minimum Gasteiger partial charge on any atom is -0.496 e. The highest BCUT2D eigenvalue weighted by Gasteiger charge is 2.23. The average molecular weight is 459 g/mol. The number of rotatable bonds is 6. The first-order chi connectivity index (χ1) is 16.6. The molecule has 7 nitrogen and oxygen atoms in total. The van der Waals surface area contributed by atoms with Gasteiger partial charge in [0.2, 0.25) is 5.43 Å². The molecule has 0 aliphatic carbocycles. The molecule has 0 saturated carbocycles. The van der Waals surface area contributed by atoms with Gasteiger partial charge in [-0.2, -0.15) is 0 Å². The van der Waals surface area contributed by atoms with E-state index in [1.165, 1.54) is 6.26 Å². The Hall–Kier alpha value is -3.97. The highest BCUT2D eigenvalue weighted by molar-refractivity contribution is 5.86. The van der Waals surface area contributed by atoms with Crippen molar-refractivity contribution in [2.24, 2.45) is 0 Å². The van der Waals surface area contributed by atoms with Gasteiger partial charge in [0, 0.05) is 18.7 Å². The maximum Gasteiger partial charge on any atom is 0.200 e. The summed E-state index contributed by atoms with van der Waals surface area (Å²) in [5.41, 5.74) is 3.51. The Labute approximate surface area is 197 Å². The molecule has 0 amide bonds. The summed E-state index contributed by atoms with van der Waals surface area (Å²) < 4.78 is 28.2. The summed E-state index contributed by atoms with van der Waals surface area (Å²) in [6, 6.07) is 16.9. The molecule has 0 N–H and O–H groups in total. The Balaban J connectivity index is 1.49. The highest BCUT2D eigenvalue weighted by Crippen LogP contribution is 2.35. The topological polar surface area (TPSA) is 70.4 Å². The van der Waals surface area contributed by atoms with E-state index in [1.54, 1.807) is 27.4 Å². The third-order valence-electron chi connectivity index (χ3n) is 6.04. The van der Waals surface area contributed by atoms with Crippen molar-refractivity contribution in [3.05, 3.63) is 82.2 Å². The van der Waals surface area contributed by atoms with Crippen molar-refractivity contribution >= 4 is 11.0 Å². The lowest BCUT2D eigenvalue weighted by atomic mass is 10.0. The van der Waals surface area contributed by atoms with E-state index < -0.39 is 0 Å². The quantitative estimate of drug-likeness (QED) is 0.409. The molecular formula is C27H25NO6. The number of para-hydroxylation sites is 1. The first-order valence-corrected chi connectivity index (χ1v) is 10.9. The molecule has 0 spiro atoms. The largest absolute Gasteiger partial charge is 0.496 e. The molecule has 2 heterocycles. The van der Waals surface area contributed by atoms with Gasteiger partial charge in [0.05, 0.1) is 37.8 Å². The van der Waals surface area contributed by atoms with Gasteiger partial charge >= 0.3 is 0 Å². The molecule has 4 aromatic rings. The van der Waals surface area contributed by atoms with Crippen molar-refractivity contribution in [2.45, 2.75) is 13.1 Å². The number of hydrogen-bond donors (Lipinski definition) is 0. The van der Waals surface area contributed by atoms with Crippen molar-refractivity contribution in [1.82, 2.24) is 4.90 Å². The fourth-order valence-electron chi connectivity index (χ4n) is 4.35. The van der Waals surface area contributed by atoms with Crippen LogP contribution in [0, 0.1) is 0 Å². The molecular weight excluding hydrogens is 434 g/mol. The molecule has 1 aliphatic rings. The fraction of sp³-hybridized carbons (Fsp3) is 0.222. The second kappa shape index (κ2) is 9.11. The van der Waals surface area contributed by atoms with Crippen LogP contribution in [0.25, 0.3) is 22.1 Å². The van der Waals surface area contributed by atoms with Crippen LogP contribution in [0.3, 0.4) is 0 Å².